The van der Waals surface area contributed by atoms with Gasteiger partial charge in [-0.05, 0) is 77.4 Å². The second-order valence-corrected chi connectivity index (χ2v) is 7.60. The highest BCUT2D eigenvalue weighted by Crippen LogP contribution is 2.45. The molecule has 0 radical (unpaired) electrons. The zero-order chi connectivity index (χ0) is 15.7. The van der Waals surface area contributed by atoms with Gasteiger partial charge in [-0.25, -0.2) is 0 Å². The van der Waals surface area contributed by atoms with Crippen molar-refractivity contribution in [3.8, 4) is 0 Å². The molecule has 0 spiro atoms. The van der Waals surface area contributed by atoms with Crippen molar-refractivity contribution in [1.29, 1.82) is 0 Å². The first-order valence-electron chi connectivity index (χ1n) is 8.79. The van der Waals surface area contributed by atoms with Crippen LogP contribution in [0.4, 0.5) is 0 Å². The maximum absolute atomic E-state index is 6.03. The van der Waals surface area contributed by atoms with Crippen LogP contribution in [0.5, 0.6) is 0 Å². The van der Waals surface area contributed by atoms with E-state index in [2.05, 4.69) is 39.8 Å². The lowest BCUT2D eigenvalue weighted by molar-refractivity contribution is 0.150. The Bertz CT molecular complexity index is 526. The largest absolute Gasteiger partial charge is 0.366 e. The van der Waals surface area contributed by atoms with Gasteiger partial charge in [0.15, 0.2) is 0 Å². The highest BCUT2D eigenvalue weighted by molar-refractivity contribution is 5.28. The molecule has 2 aliphatic heterocycles. The monoisotopic (exact) mass is 302 g/mol. The summed E-state index contributed by atoms with van der Waals surface area (Å²) in [6, 6.07) is 0. The van der Waals surface area contributed by atoms with Crippen molar-refractivity contribution < 1.29 is 9.47 Å². The molecule has 1 saturated heterocycles. The zero-order valence-electron chi connectivity index (χ0n) is 14.6. The van der Waals surface area contributed by atoms with Gasteiger partial charge in [-0.15, -0.1) is 0 Å². The molecule has 0 amide bonds. The van der Waals surface area contributed by atoms with Gasteiger partial charge in [-0.1, -0.05) is 23.3 Å². The predicted octanol–water partition coefficient (Wildman–Crippen LogP) is 5.11. The number of hydrogen-bond acceptors (Lipinski definition) is 2. The zero-order valence-corrected chi connectivity index (χ0v) is 14.6. The molecule has 0 saturated carbocycles. The molecule has 0 N–H and O–H groups in total. The summed E-state index contributed by atoms with van der Waals surface area (Å²) in [4.78, 5) is 0. The predicted molar refractivity (Wildman–Crippen MR) is 90.9 cm³/mol. The summed E-state index contributed by atoms with van der Waals surface area (Å²) in [5.41, 5.74) is 5.99. The standard InChI is InChI=1S/C20H30O2/c1-14-6-5-7-15(2)12-18-17(16(3)13-21-18)10-11-20(4)19(22-20)9-8-14/h6,12,18-19H,5,7-11,13H2,1-4H3/b14-6-,15-12-. The van der Waals surface area contributed by atoms with Gasteiger partial charge in [0.25, 0.3) is 0 Å². The van der Waals surface area contributed by atoms with Crippen LogP contribution in [0, 0.1) is 0 Å². The van der Waals surface area contributed by atoms with E-state index in [1.807, 2.05) is 0 Å². The van der Waals surface area contributed by atoms with Crippen LogP contribution in [0.3, 0.4) is 0 Å². The topological polar surface area (TPSA) is 21.8 Å². The third kappa shape index (κ3) is 3.55. The summed E-state index contributed by atoms with van der Waals surface area (Å²) in [6.45, 7) is 9.80. The number of allylic oxidation sites excluding steroid dienone is 3. The Hall–Kier alpha value is -0.860. The van der Waals surface area contributed by atoms with Gasteiger partial charge < -0.3 is 9.47 Å². The lowest BCUT2D eigenvalue weighted by Crippen LogP contribution is -2.14. The van der Waals surface area contributed by atoms with Crippen LogP contribution < -0.4 is 0 Å². The Morgan fingerprint density at radius 3 is 2.73 bits per heavy atom. The van der Waals surface area contributed by atoms with E-state index in [0.29, 0.717) is 6.10 Å². The lowest BCUT2D eigenvalue weighted by atomic mass is 9.91. The third-order valence-corrected chi connectivity index (χ3v) is 5.57. The molecule has 2 heterocycles. The van der Waals surface area contributed by atoms with Gasteiger partial charge >= 0.3 is 0 Å². The fourth-order valence-electron chi connectivity index (χ4n) is 3.76. The van der Waals surface area contributed by atoms with E-state index in [9.17, 15) is 0 Å². The summed E-state index contributed by atoms with van der Waals surface area (Å²) >= 11 is 0. The van der Waals surface area contributed by atoms with E-state index in [1.54, 1.807) is 0 Å². The number of hydrogen-bond donors (Lipinski definition) is 0. The fraction of sp³-hybridized carbons (Fsp3) is 0.700. The van der Waals surface area contributed by atoms with Gasteiger partial charge in [-0.2, -0.15) is 0 Å². The van der Waals surface area contributed by atoms with Gasteiger partial charge in [0, 0.05) is 0 Å². The van der Waals surface area contributed by atoms with Crippen LogP contribution >= 0.6 is 0 Å². The second-order valence-electron chi connectivity index (χ2n) is 7.60. The summed E-state index contributed by atoms with van der Waals surface area (Å²) in [5.74, 6) is 0. The van der Waals surface area contributed by atoms with E-state index in [4.69, 9.17) is 9.47 Å². The van der Waals surface area contributed by atoms with Crippen LogP contribution in [0.15, 0.2) is 34.4 Å². The van der Waals surface area contributed by atoms with Crippen LogP contribution in [-0.4, -0.2) is 24.4 Å². The Kier molecular flexibility index (Phi) is 4.61. The number of rotatable bonds is 0. The normalized spacial score (nSPS) is 41.6. The minimum atomic E-state index is 0.101. The maximum Gasteiger partial charge on any atom is 0.0977 e. The van der Waals surface area contributed by atoms with E-state index < -0.39 is 0 Å². The Balaban J connectivity index is 1.78. The van der Waals surface area contributed by atoms with E-state index >= 15 is 0 Å². The number of epoxide rings is 1. The molecule has 0 aromatic heterocycles. The minimum Gasteiger partial charge on any atom is -0.366 e. The molecule has 0 bridgehead atoms. The lowest BCUT2D eigenvalue weighted by Gasteiger charge is -2.15. The Morgan fingerprint density at radius 2 is 1.91 bits per heavy atom. The molecule has 22 heavy (non-hydrogen) atoms. The SMILES string of the molecule is CC1=C2CCC3(C)OC3CC/C(C)=C\CC/C(C)=C\C2OC1. The number of fused-ring (bicyclic) bond motifs is 2. The summed E-state index contributed by atoms with van der Waals surface area (Å²) in [5, 5.41) is 0. The van der Waals surface area contributed by atoms with Crippen molar-refractivity contribution in [2.45, 2.75) is 84.0 Å². The van der Waals surface area contributed by atoms with Crippen LogP contribution in [0.2, 0.25) is 0 Å². The van der Waals surface area contributed by atoms with Crippen molar-refractivity contribution in [2.24, 2.45) is 0 Å². The van der Waals surface area contributed by atoms with E-state index in [-0.39, 0.29) is 11.7 Å². The molecule has 1 aliphatic carbocycles. The number of ether oxygens (including phenoxy) is 2. The van der Waals surface area contributed by atoms with Gasteiger partial charge in [0.1, 0.15) is 0 Å². The molecule has 3 aliphatic rings. The van der Waals surface area contributed by atoms with Crippen LogP contribution in [-0.2, 0) is 9.47 Å². The average Bonchev–Trinajstić information content (AvgIpc) is 2.99. The van der Waals surface area contributed by atoms with Crippen molar-refractivity contribution in [3.63, 3.8) is 0 Å². The molecule has 1 fully saturated rings. The first kappa shape index (κ1) is 16.0. The van der Waals surface area contributed by atoms with Crippen LogP contribution in [0.1, 0.15) is 66.2 Å². The third-order valence-electron chi connectivity index (χ3n) is 5.57. The smallest absolute Gasteiger partial charge is 0.0977 e. The molecule has 0 aromatic carbocycles. The second kappa shape index (κ2) is 6.33. The van der Waals surface area contributed by atoms with Crippen molar-refractivity contribution in [1.82, 2.24) is 0 Å². The first-order chi connectivity index (χ1) is 10.5. The summed E-state index contributed by atoms with van der Waals surface area (Å²) in [7, 11) is 0. The summed E-state index contributed by atoms with van der Waals surface area (Å²) < 4.78 is 12.0. The molecular weight excluding hydrogens is 272 g/mol. The van der Waals surface area contributed by atoms with Crippen molar-refractivity contribution >= 4 is 0 Å². The van der Waals surface area contributed by atoms with Gasteiger partial charge in [-0.3, -0.25) is 0 Å². The highest BCUT2D eigenvalue weighted by Gasteiger charge is 2.51. The molecule has 3 atom stereocenters. The molecule has 2 heteroatoms. The van der Waals surface area contributed by atoms with Gasteiger partial charge in [0.05, 0.1) is 24.4 Å². The van der Waals surface area contributed by atoms with Crippen LogP contribution in [0.25, 0.3) is 0 Å². The Morgan fingerprint density at radius 1 is 1.09 bits per heavy atom. The molecule has 3 unspecified atom stereocenters. The van der Waals surface area contributed by atoms with E-state index in [0.717, 1.165) is 32.3 Å². The molecule has 3 rings (SSSR count). The average molecular weight is 302 g/mol. The first-order valence-corrected chi connectivity index (χ1v) is 8.79. The fourth-order valence-corrected chi connectivity index (χ4v) is 3.76. The summed E-state index contributed by atoms with van der Waals surface area (Å²) in [6.07, 6.45) is 12.3. The highest BCUT2D eigenvalue weighted by atomic mass is 16.6. The molecule has 0 aromatic rings. The van der Waals surface area contributed by atoms with Crippen molar-refractivity contribution in [2.75, 3.05) is 6.61 Å². The van der Waals surface area contributed by atoms with Crippen molar-refractivity contribution in [3.05, 3.63) is 34.4 Å². The quantitative estimate of drug-likeness (QED) is 0.458. The molecule has 122 valence electrons. The van der Waals surface area contributed by atoms with Gasteiger partial charge in [0.2, 0.25) is 0 Å². The maximum atomic E-state index is 6.03. The molecule has 2 nitrogen and oxygen atoms in total. The minimum absolute atomic E-state index is 0.101. The molecular formula is C20H30O2. The Labute approximate surface area is 135 Å². The van der Waals surface area contributed by atoms with E-state index in [1.165, 1.54) is 35.1 Å².